The normalized spacial score (nSPS) is 10.1. The van der Waals surface area contributed by atoms with Gasteiger partial charge in [-0.15, -0.1) is 0 Å². The summed E-state index contributed by atoms with van der Waals surface area (Å²) in [6.45, 7) is 1.08. The van der Waals surface area contributed by atoms with E-state index in [-0.39, 0.29) is 5.56 Å². The van der Waals surface area contributed by atoms with E-state index >= 15 is 0 Å². The molecule has 0 amide bonds. The first-order valence-corrected chi connectivity index (χ1v) is 6.24. The third-order valence-electron chi connectivity index (χ3n) is 2.91. The molecule has 1 N–H and O–H groups in total. The Morgan fingerprint density at radius 2 is 1.95 bits per heavy atom. The Morgan fingerprint density at radius 1 is 1.20 bits per heavy atom. The summed E-state index contributed by atoms with van der Waals surface area (Å²) in [5.74, 6) is -0.509. The Hall–Kier alpha value is -2.38. The van der Waals surface area contributed by atoms with E-state index in [4.69, 9.17) is 10.00 Å². The van der Waals surface area contributed by atoms with E-state index < -0.39 is 5.82 Å². The molecule has 2 aromatic carbocycles. The molecule has 20 heavy (non-hydrogen) atoms. The highest BCUT2D eigenvalue weighted by atomic mass is 19.1. The number of hydrogen-bond acceptors (Lipinski definition) is 3. The van der Waals surface area contributed by atoms with Crippen LogP contribution >= 0.6 is 0 Å². The number of anilines is 1. The predicted octanol–water partition coefficient (Wildman–Crippen LogP) is 3.46. The Kier molecular flexibility index (Phi) is 4.70. The molecule has 0 fully saturated rings. The molecule has 4 heteroatoms. The number of nitrogens with one attached hydrogen (secondary N) is 1. The van der Waals surface area contributed by atoms with Gasteiger partial charge in [-0.25, -0.2) is 4.39 Å². The van der Waals surface area contributed by atoms with Gasteiger partial charge in [-0.2, -0.15) is 5.26 Å². The van der Waals surface area contributed by atoms with Crippen molar-refractivity contribution in [1.29, 1.82) is 5.26 Å². The molecule has 102 valence electrons. The van der Waals surface area contributed by atoms with Gasteiger partial charge in [0.1, 0.15) is 17.4 Å². The van der Waals surface area contributed by atoms with Gasteiger partial charge in [0.2, 0.25) is 0 Å². The van der Waals surface area contributed by atoms with Gasteiger partial charge in [0.15, 0.2) is 0 Å². The summed E-state index contributed by atoms with van der Waals surface area (Å²) >= 11 is 0. The van der Waals surface area contributed by atoms with E-state index in [1.807, 2.05) is 30.3 Å². The zero-order valence-electron chi connectivity index (χ0n) is 11.2. The summed E-state index contributed by atoms with van der Waals surface area (Å²) in [6, 6.07) is 14.3. The van der Waals surface area contributed by atoms with Gasteiger partial charge >= 0.3 is 0 Å². The van der Waals surface area contributed by atoms with E-state index in [0.717, 1.165) is 11.1 Å². The molecule has 2 aromatic rings. The first kappa shape index (κ1) is 14.0. The third-order valence-corrected chi connectivity index (χ3v) is 2.91. The molecule has 0 spiro atoms. The number of rotatable bonds is 5. The van der Waals surface area contributed by atoms with Crippen LogP contribution < -0.4 is 5.32 Å². The van der Waals surface area contributed by atoms with Crippen LogP contribution in [0.4, 0.5) is 10.1 Å². The SMILES string of the molecule is COCc1cccc(CNc2cccc(F)c2C#N)c1. The number of ether oxygens (including phenoxy) is 1. The van der Waals surface area contributed by atoms with Crippen molar-refractivity contribution in [2.24, 2.45) is 0 Å². The van der Waals surface area contributed by atoms with Gasteiger partial charge in [-0.1, -0.05) is 30.3 Å². The number of nitrogens with zero attached hydrogens (tertiary/aromatic N) is 1. The molecule has 0 saturated heterocycles. The molecule has 0 unspecified atom stereocenters. The van der Waals surface area contributed by atoms with Crippen LogP contribution in [0.5, 0.6) is 0 Å². The van der Waals surface area contributed by atoms with Crippen LogP contribution in [0.3, 0.4) is 0 Å². The monoisotopic (exact) mass is 270 g/mol. The molecule has 3 nitrogen and oxygen atoms in total. The highest BCUT2D eigenvalue weighted by Gasteiger charge is 2.07. The quantitative estimate of drug-likeness (QED) is 0.905. The van der Waals surface area contributed by atoms with Gasteiger partial charge in [-0.3, -0.25) is 0 Å². The fraction of sp³-hybridized carbons (Fsp3) is 0.188. The van der Waals surface area contributed by atoms with Gasteiger partial charge in [0.25, 0.3) is 0 Å². The maximum absolute atomic E-state index is 13.5. The number of nitriles is 1. The van der Waals surface area contributed by atoms with Gasteiger partial charge in [-0.05, 0) is 23.3 Å². The fourth-order valence-corrected chi connectivity index (χ4v) is 1.98. The highest BCUT2D eigenvalue weighted by molar-refractivity contribution is 5.58. The third kappa shape index (κ3) is 3.34. The molecule has 2 rings (SSSR count). The second-order valence-corrected chi connectivity index (χ2v) is 4.38. The molecule has 0 aromatic heterocycles. The second kappa shape index (κ2) is 6.69. The van der Waals surface area contributed by atoms with Gasteiger partial charge < -0.3 is 10.1 Å². The minimum absolute atomic E-state index is 0.0422. The lowest BCUT2D eigenvalue weighted by Gasteiger charge is -2.09. The van der Waals surface area contributed by atoms with Crippen LogP contribution in [-0.2, 0) is 17.9 Å². The number of halogens is 1. The van der Waals surface area contributed by atoms with Crippen LogP contribution in [0.1, 0.15) is 16.7 Å². The summed E-state index contributed by atoms with van der Waals surface area (Å²) in [6.07, 6.45) is 0. The molecule has 0 heterocycles. The molecule has 0 aliphatic heterocycles. The number of hydrogen-bond donors (Lipinski definition) is 1. The number of benzene rings is 2. The summed E-state index contributed by atoms with van der Waals surface area (Å²) in [4.78, 5) is 0. The Labute approximate surface area is 117 Å². The lowest BCUT2D eigenvalue weighted by Crippen LogP contribution is -2.03. The zero-order valence-corrected chi connectivity index (χ0v) is 11.2. The van der Waals surface area contributed by atoms with Crippen molar-refractivity contribution in [2.75, 3.05) is 12.4 Å². The van der Waals surface area contributed by atoms with Crippen molar-refractivity contribution in [2.45, 2.75) is 13.2 Å². The van der Waals surface area contributed by atoms with Crippen LogP contribution in [0, 0.1) is 17.1 Å². The maximum Gasteiger partial charge on any atom is 0.143 e. The van der Waals surface area contributed by atoms with Gasteiger partial charge in [0, 0.05) is 13.7 Å². The smallest absolute Gasteiger partial charge is 0.143 e. The van der Waals surface area contributed by atoms with Crippen LogP contribution in [-0.4, -0.2) is 7.11 Å². The van der Waals surface area contributed by atoms with E-state index in [1.54, 1.807) is 19.2 Å². The molecule has 0 aliphatic carbocycles. The number of methoxy groups -OCH3 is 1. The molecule has 0 radical (unpaired) electrons. The molecule has 0 bridgehead atoms. The van der Waals surface area contributed by atoms with Crippen LogP contribution in [0.25, 0.3) is 0 Å². The Balaban J connectivity index is 2.11. The minimum atomic E-state index is -0.509. The summed E-state index contributed by atoms with van der Waals surface area (Å²) in [7, 11) is 1.65. The largest absolute Gasteiger partial charge is 0.380 e. The minimum Gasteiger partial charge on any atom is -0.380 e. The molecule has 0 atom stereocenters. The van der Waals surface area contributed by atoms with Gasteiger partial charge in [0.05, 0.1) is 12.3 Å². The van der Waals surface area contributed by atoms with E-state index in [9.17, 15) is 4.39 Å². The van der Waals surface area contributed by atoms with E-state index in [2.05, 4.69) is 5.32 Å². The van der Waals surface area contributed by atoms with Crippen molar-refractivity contribution in [3.63, 3.8) is 0 Å². The van der Waals surface area contributed by atoms with Crippen molar-refractivity contribution in [3.8, 4) is 6.07 Å². The van der Waals surface area contributed by atoms with Crippen LogP contribution in [0.2, 0.25) is 0 Å². The van der Waals surface area contributed by atoms with Crippen molar-refractivity contribution < 1.29 is 9.13 Å². The summed E-state index contributed by atoms with van der Waals surface area (Å²) in [5, 5.41) is 12.1. The van der Waals surface area contributed by atoms with Crippen molar-refractivity contribution in [3.05, 3.63) is 65.0 Å². The summed E-state index contributed by atoms with van der Waals surface area (Å²) in [5.41, 5.74) is 2.67. The summed E-state index contributed by atoms with van der Waals surface area (Å²) < 4.78 is 18.5. The zero-order chi connectivity index (χ0) is 14.4. The second-order valence-electron chi connectivity index (χ2n) is 4.38. The highest BCUT2D eigenvalue weighted by Crippen LogP contribution is 2.18. The Bertz CT molecular complexity index is 635. The fourth-order valence-electron chi connectivity index (χ4n) is 1.98. The predicted molar refractivity (Wildman–Crippen MR) is 75.6 cm³/mol. The molecular weight excluding hydrogens is 255 g/mol. The average Bonchev–Trinajstić information content (AvgIpc) is 2.46. The average molecular weight is 270 g/mol. The molecule has 0 aliphatic rings. The molecular formula is C16H15FN2O. The standard InChI is InChI=1S/C16H15FN2O/c1-20-11-13-5-2-4-12(8-13)10-19-16-7-3-6-15(17)14(16)9-18/h2-8,19H,10-11H2,1H3. The first-order valence-electron chi connectivity index (χ1n) is 6.24. The first-order chi connectivity index (χ1) is 9.74. The van der Waals surface area contributed by atoms with E-state index in [0.29, 0.717) is 18.8 Å². The van der Waals surface area contributed by atoms with Crippen molar-refractivity contribution >= 4 is 5.69 Å². The van der Waals surface area contributed by atoms with E-state index in [1.165, 1.54) is 6.07 Å². The lowest BCUT2D eigenvalue weighted by molar-refractivity contribution is 0.185. The van der Waals surface area contributed by atoms with Crippen LogP contribution in [0.15, 0.2) is 42.5 Å². The lowest BCUT2D eigenvalue weighted by atomic mass is 10.1. The van der Waals surface area contributed by atoms with Crippen molar-refractivity contribution in [1.82, 2.24) is 0 Å². The molecule has 0 saturated carbocycles. The topological polar surface area (TPSA) is 45.0 Å². The Morgan fingerprint density at radius 3 is 2.70 bits per heavy atom. The maximum atomic E-state index is 13.5.